The lowest BCUT2D eigenvalue weighted by atomic mass is 9.90. The Morgan fingerprint density at radius 2 is 1.78 bits per heavy atom. The van der Waals surface area contributed by atoms with Gasteiger partial charge in [-0.2, -0.15) is 5.26 Å². The van der Waals surface area contributed by atoms with E-state index in [4.69, 9.17) is 10.3 Å². The molecule has 2 atom stereocenters. The van der Waals surface area contributed by atoms with Crippen molar-refractivity contribution in [3.8, 4) is 28.3 Å². The van der Waals surface area contributed by atoms with E-state index in [1.807, 2.05) is 11.0 Å². The van der Waals surface area contributed by atoms with Crippen molar-refractivity contribution in [1.82, 2.24) is 10.1 Å². The van der Waals surface area contributed by atoms with Gasteiger partial charge >= 0.3 is 0 Å². The maximum Gasteiger partial charge on any atom is 0.254 e. The van der Waals surface area contributed by atoms with Gasteiger partial charge in [0.15, 0.2) is 5.58 Å². The lowest BCUT2D eigenvalue weighted by Crippen LogP contribution is -2.50. The van der Waals surface area contributed by atoms with E-state index < -0.39 is 11.6 Å². The second-order valence-corrected chi connectivity index (χ2v) is 9.99. The van der Waals surface area contributed by atoms with Gasteiger partial charge in [-0.05, 0) is 85.7 Å². The molecule has 6 nitrogen and oxygen atoms in total. The third-order valence-corrected chi connectivity index (χ3v) is 7.70. The van der Waals surface area contributed by atoms with Gasteiger partial charge in [-0.15, -0.1) is 0 Å². The number of piperidine rings is 1. The minimum Gasteiger partial charge on any atom is -0.356 e. The Morgan fingerprint density at radius 1 is 1.03 bits per heavy atom. The van der Waals surface area contributed by atoms with Crippen LogP contribution in [0.3, 0.4) is 0 Å². The molecule has 0 aliphatic carbocycles. The van der Waals surface area contributed by atoms with E-state index in [0.717, 1.165) is 25.7 Å². The van der Waals surface area contributed by atoms with Crippen LogP contribution in [-0.2, 0) is 0 Å². The van der Waals surface area contributed by atoms with Crippen molar-refractivity contribution in [3.05, 3.63) is 77.0 Å². The summed E-state index contributed by atoms with van der Waals surface area (Å²) in [6.07, 6.45) is 3.40. The smallest absolute Gasteiger partial charge is 0.254 e. The molecule has 186 valence electrons. The Balaban J connectivity index is 1.50. The van der Waals surface area contributed by atoms with Crippen LogP contribution in [-0.4, -0.2) is 34.1 Å². The van der Waals surface area contributed by atoms with Crippen molar-refractivity contribution >= 4 is 16.9 Å². The molecule has 3 aromatic carbocycles. The number of amides is 1. The fraction of sp³-hybridized carbons (Fsp3) is 0.276. The van der Waals surface area contributed by atoms with Crippen LogP contribution < -0.4 is 5.73 Å². The van der Waals surface area contributed by atoms with E-state index in [2.05, 4.69) is 5.16 Å². The van der Waals surface area contributed by atoms with E-state index in [1.54, 1.807) is 37.3 Å². The number of aryl methyl sites for hydroxylation is 1. The third kappa shape index (κ3) is 3.87. The molecular formula is C29H24F2N4O2. The number of aromatic nitrogens is 1. The van der Waals surface area contributed by atoms with Crippen LogP contribution in [0.5, 0.6) is 0 Å². The maximum atomic E-state index is 15.4. The highest BCUT2D eigenvalue weighted by molar-refractivity contribution is 5.99. The average molecular weight is 499 g/mol. The summed E-state index contributed by atoms with van der Waals surface area (Å²) in [6, 6.07) is 14.3. The zero-order chi connectivity index (χ0) is 25.8. The van der Waals surface area contributed by atoms with Gasteiger partial charge in [-0.1, -0.05) is 17.3 Å². The van der Waals surface area contributed by atoms with Crippen molar-refractivity contribution in [1.29, 1.82) is 5.26 Å². The molecule has 0 spiro atoms. The molecule has 2 fully saturated rings. The number of hydrogen-bond donors (Lipinski definition) is 1. The highest BCUT2D eigenvalue weighted by Crippen LogP contribution is 2.40. The Labute approximate surface area is 212 Å². The topological polar surface area (TPSA) is 96.2 Å². The first-order valence-electron chi connectivity index (χ1n) is 12.3. The summed E-state index contributed by atoms with van der Waals surface area (Å²) < 4.78 is 35.4. The number of hydrogen-bond acceptors (Lipinski definition) is 5. The summed E-state index contributed by atoms with van der Waals surface area (Å²) in [6.45, 7) is 1.73. The Bertz CT molecular complexity index is 1590. The van der Waals surface area contributed by atoms with Gasteiger partial charge in [0.2, 0.25) is 0 Å². The lowest BCUT2D eigenvalue weighted by molar-refractivity contribution is 0.0575. The SMILES string of the molecule is Cc1noc2cc(-c3ccc(C(=O)N4C5CCC4CC(N)C5)cc3-c3ccc(C#N)c(F)c3)c(F)cc12. The zero-order valence-electron chi connectivity index (χ0n) is 20.2. The number of nitriles is 1. The number of fused-ring (bicyclic) bond motifs is 3. The van der Waals surface area contributed by atoms with Gasteiger partial charge in [0.05, 0.1) is 11.3 Å². The minimum atomic E-state index is -0.687. The third-order valence-electron chi connectivity index (χ3n) is 7.70. The first kappa shape index (κ1) is 23.3. The minimum absolute atomic E-state index is 0.0940. The largest absolute Gasteiger partial charge is 0.356 e. The molecule has 1 amide bonds. The second kappa shape index (κ2) is 8.79. The summed E-state index contributed by atoms with van der Waals surface area (Å²) in [4.78, 5) is 15.6. The zero-order valence-corrected chi connectivity index (χ0v) is 20.2. The predicted molar refractivity (Wildman–Crippen MR) is 134 cm³/mol. The first-order valence-corrected chi connectivity index (χ1v) is 12.3. The summed E-state index contributed by atoms with van der Waals surface area (Å²) in [5, 5.41) is 13.7. The Kier molecular flexibility index (Phi) is 5.54. The molecule has 2 aliphatic rings. The van der Waals surface area contributed by atoms with Crippen molar-refractivity contribution in [3.63, 3.8) is 0 Å². The molecule has 0 saturated carbocycles. The molecule has 2 unspecified atom stereocenters. The van der Waals surface area contributed by atoms with Gasteiger partial charge in [0.1, 0.15) is 17.7 Å². The molecule has 6 rings (SSSR count). The average Bonchev–Trinajstić information content (AvgIpc) is 3.38. The molecular weight excluding hydrogens is 474 g/mol. The number of carbonyl (C=O) groups excluding carboxylic acids is 1. The first-order chi connectivity index (χ1) is 17.8. The number of nitrogens with two attached hydrogens (primary N) is 1. The van der Waals surface area contributed by atoms with Crippen LogP contribution in [0.1, 0.15) is 47.3 Å². The van der Waals surface area contributed by atoms with Crippen molar-refractivity contribution in [2.24, 2.45) is 5.73 Å². The number of carbonyl (C=O) groups is 1. The van der Waals surface area contributed by atoms with Crippen LogP contribution in [0.4, 0.5) is 8.78 Å². The molecule has 37 heavy (non-hydrogen) atoms. The molecule has 3 heterocycles. The number of benzene rings is 3. The van der Waals surface area contributed by atoms with Crippen LogP contribution in [0, 0.1) is 29.9 Å². The Morgan fingerprint density at radius 3 is 2.49 bits per heavy atom. The summed E-state index contributed by atoms with van der Waals surface area (Å²) >= 11 is 0. The van der Waals surface area contributed by atoms with Crippen molar-refractivity contribution in [2.75, 3.05) is 0 Å². The van der Waals surface area contributed by atoms with Gasteiger partial charge < -0.3 is 15.2 Å². The molecule has 2 aliphatic heterocycles. The summed E-state index contributed by atoms with van der Waals surface area (Å²) in [5.41, 5.74) is 9.15. The fourth-order valence-electron chi connectivity index (χ4n) is 5.91. The van der Waals surface area contributed by atoms with Gasteiger partial charge in [-0.25, -0.2) is 8.78 Å². The maximum absolute atomic E-state index is 15.4. The second-order valence-electron chi connectivity index (χ2n) is 9.99. The normalized spacial score (nSPS) is 20.8. The van der Waals surface area contributed by atoms with Crippen LogP contribution in [0.25, 0.3) is 33.2 Å². The van der Waals surface area contributed by atoms with Crippen LogP contribution in [0.2, 0.25) is 0 Å². The molecule has 8 heteroatoms. The number of rotatable bonds is 3. The van der Waals surface area contributed by atoms with E-state index in [1.165, 1.54) is 18.2 Å². The highest BCUT2D eigenvalue weighted by atomic mass is 19.1. The number of nitrogens with zero attached hydrogens (tertiary/aromatic N) is 3. The quantitative estimate of drug-likeness (QED) is 0.390. The standard InChI is InChI=1S/C29H24F2N4O2/c1-15-23-12-27(31)25(13-28(23)37-34-15)22-7-4-17(8-24(22)16-2-3-18(14-32)26(30)9-16)29(36)35-20-5-6-21(35)11-19(33)10-20/h2-4,7-9,12-13,19-21H,5-6,10-11,33H2,1H3. The molecule has 2 bridgehead atoms. The Hall–Kier alpha value is -4.09. The van der Waals surface area contributed by atoms with Crippen LogP contribution in [0.15, 0.2) is 53.1 Å². The monoisotopic (exact) mass is 498 g/mol. The summed E-state index contributed by atoms with van der Waals surface area (Å²) in [7, 11) is 0. The van der Waals surface area contributed by atoms with Gasteiger partial charge in [-0.3, -0.25) is 4.79 Å². The van der Waals surface area contributed by atoms with Crippen molar-refractivity contribution in [2.45, 2.75) is 50.7 Å². The van der Waals surface area contributed by atoms with E-state index in [0.29, 0.717) is 38.9 Å². The molecule has 2 saturated heterocycles. The predicted octanol–water partition coefficient (Wildman–Crippen LogP) is 5.71. The molecule has 4 aromatic rings. The fourth-order valence-corrected chi connectivity index (χ4v) is 5.91. The van der Waals surface area contributed by atoms with Crippen molar-refractivity contribution < 1.29 is 18.1 Å². The van der Waals surface area contributed by atoms with Crippen LogP contribution >= 0.6 is 0 Å². The molecule has 2 N–H and O–H groups in total. The van der Waals surface area contributed by atoms with Gasteiger partial charge in [0, 0.05) is 34.6 Å². The molecule has 1 aromatic heterocycles. The van der Waals surface area contributed by atoms with E-state index in [9.17, 15) is 14.4 Å². The lowest BCUT2D eigenvalue weighted by Gasteiger charge is -2.38. The van der Waals surface area contributed by atoms with Gasteiger partial charge in [0.25, 0.3) is 5.91 Å². The van der Waals surface area contributed by atoms with E-state index in [-0.39, 0.29) is 35.2 Å². The van der Waals surface area contributed by atoms with E-state index >= 15 is 4.39 Å². The summed E-state index contributed by atoms with van der Waals surface area (Å²) in [5.74, 6) is -1.29. The highest BCUT2D eigenvalue weighted by Gasteiger charge is 2.42. The number of halogens is 2. The molecule has 0 radical (unpaired) electrons.